The van der Waals surface area contributed by atoms with Crippen molar-refractivity contribution < 1.29 is 22.7 Å². The smallest absolute Gasteiger partial charge is 0.307 e. The van der Waals surface area contributed by atoms with Crippen molar-refractivity contribution in [2.75, 3.05) is 6.26 Å². The first-order valence-electron chi connectivity index (χ1n) is 6.07. The second kappa shape index (κ2) is 5.65. The number of halogens is 1. The van der Waals surface area contributed by atoms with Crippen LogP contribution in [0.15, 0.2) is 47.4 Å². The molecule has 0 saturated carbocycles. The van der Waals surface area contributed by atoms with Crippen molar-refractivity contribution >= 4 is 15.8 Å². The first-order valence-corrected chi connectivity index (χ1v) is 7.96. The highest BCUT2D eigenvalue weighted by Crippen LogP contribution is 2.24. The zero-order chi connectivity index (χ0) is 15.6. The van der Waals surface area contributed by atoms with E-state index in [1.807, 2.05) is 0 Å². The van der Waals surface area contributed by atoms with Gasteiger partial charge in [0.15, 0.2) is 9.84 Å². The maximum atomic E-state index is 13.5. The Hall–Kier alpha value is -2.21. The third-order valence-corrected chi connectivity index (χ3v) is 4.06. The first-order chi connectivity index (χ1) is 9.75. The van der Waals surface area contributed by atoms with Crippen molar-refractivity contribution in [3.8, 4) is 11.1 Å². The van der Waals surface area contributed by atoms with E-state index in [0.717, 1.165) is 6.26 Å². The minimum absolute atomic E-state index is 0.174. The molecule has 110 valence electrons. The average molecular weight is 308 g/mol. The minimum atomic E-state index is -3.29. The Morgan fingerprint density at radius 2 is 1.71 bits per heavy atom. The summed E-state index contributed by atoms with van der Waals surface area (Å²) in [5, 5.41) is 8.76. The molecule has 0 bridgehead atoms. The fraction of sp³-hybridized carbons (Fsp3) is 0.133. The molecular weight excluding hydrogens is 295 g/mol. The van der Waals surface area contributed by atoms with Crippen molar-refractivity contribution in [2.24, 2.45) is 0 Å². The van der Waals surface area contributed by atoms with Crippen LogP contribution < -0.4 is 0 Å². The zero-order valence-electron chi connectivity index (χ0n) is 11.2. The van der Waals surface area contributed by atoms with Crippen LogP contribution in [0.3, 0.4) is 0 Å². The topological polar surface area (TPSA) is 71.4 Å². The van der Waals surface area contributed by atoms with Gasteiger partial charge < -0.3 is 5.11 Å². The largest absolute Gasteiger partial charge is 0.481 e. The summed E-state index contributed by atoms with van der Waals surface area (Å²) in [6.07, 6.45) is 0.835. The summed E-state index contributed by atoms with van der Waals surface area (Å²) in [6, 6.07) is 10.0. The van der Waals surface area contributed by atoms with Crippen LogP contribution in [0.25, 0.3) is 11.1 Å². The fourth-order valence-electron chi connectivity index (χ4n) is 1.99. The lowest BCUT2D eigenvalue weighted by Gasteiger charge is -2.06. The van der Waals surface area contributed by atoms with E-state index in [1.165, 1.54) is 24.3 Å². The van der Waals surface area contributed by atoms with E-state index >= 15 is 0 Å². The van der Waals surface area contributed by atoms with Gasteiger partial charge in [-0.1, -0.05) is 18.2 Å². The molecule has 4 nitrogen and oxygen atoms in total. The summed E-state index contributed by atoms with van der Waals surface area (Å²) < 4.78 is 36.3. The van der Waals surface area contributed by atoms with Gasteiger partial charge in [0, 0.05) is 6.26 Å². The normalized spacial score (nSPS) is 11.3. The first kappa shape index (κ1) is 15.2. The highest BCUT2D eigenvalue weighted by Gasteiger charge is 2.09. The van der Waals surface area contributed by atoms with E-state index in [9.17, 15) is 17.6 Å². The minimum Gasteiger partial charge on any atom is -0.481 e. The highest BCUT2D eigenvalue weighted by atomic mass is 32.2. The highest BCUT2D eigenvalue weighted by molar-refractivity contribution is 7.90. The van der Waals surface area contributed by atoms with E-state index in [4.69, 9.17) is 5.11 Å². The zero-order valence-corrected chi connectivity index (χ0v) is 12.0. The summed E-state index contributed by atoms with van der Waals surface area (Å²) in [6.45, 7) is 0. The third kappa shape index (κ3) is 3.88. The monoisotopic (exact) mass is 308 g/mol. The Balaban J connectivity index is 2.42. The molecule has 0 fully saturated rings. The Morgan fingerprint density at radius 3 is 2.24 bits per heavy atom. The Morgan fingerprint density at radius 1 is 1.10 bits per heavy atom. The van der Waals surface area contributed by atoms with Gasteiger partial charge in [-0.25, -0.2) is 12.8 Å². The SMILES string of the molecule is CS(=O)(=O)c1ccc(-c2cc(F)cc(CC(=O)O)c2)cc1. The van der Waals surface area contributed by atoms with Crippen LogP contribution in [-0.4, -0.2) is 25.7 Å². The number of rotatable bonds is 4. The van der Waals surface area contributed by atoms with Gasteiger partial charge >= 0.3 is 5.97 Å². The van der Waals surface area contributed by atoms with Crippen LogP contribution in [0.1, 0.15) is 5.56 Å². The summed E-state index contributed by atoms with van der Waals surface area (Å²) in [7, 11) is -3.29. The van der Waals surface area contributed by atoms with Gasteiger partial charge in [-0.2, -0.15) is 0 Å². The molecule has 0 heterocycles. The molecule has 0 amide bonds. The quantitative estimate of drug-likeness (QED) is 0.942. The summed E-state index contributed by atoms with van der Waals surface area (Å²) in [5.41, 5.74) is 1.48. The number of carboxylic acid groups (broad SMARTS) is 1. The molecule has 0 aliphatic rings. The van der Waals surface area contributed by atoms with Gasteiger partial charge in [-0.15, -0.1) is 0 Å². The van der Waals surface area contributed by atoms with Crippen molar-refractivity contribution in [3.63, 3.8) is 0 Å². The molecule has 0 radical (unpaired) electrons. The second-order valence-corrected chi connectivity index (χ2v) is 6.73. The number of hydrogen-bond donors (Lipinski definition) is 1. The molecule has 0 atom stereocenters. The van der Waals surface area contributed by atoms with Gasteiger partial charge in [0.25, 0.3) is 0 Å². The molecule has 2 aromatic carbocycles. The maximum Gasteiger partial charge on any atom is 0.307 e. The van der Waals surface area contributed by atoms with Crippen LogP contribution >= 0.6 is 0 Å². The van der Waals surface area contributed by atoms with Gasteiger partial charge in [-0.05, 0) is 41.0 Å². The van der Waals surface area contributed by atoms with Crippen molar-refractivity contribution in [3.05, 3.63) is 53.8 Å². The lowest BCUT2D eigenvalue weighted by Crippen LogP contribution is -2.01. The van der Waals surface area contributed by atoms with Gasteiger partial charge in [0.1, 0.15) is 5.82 Å². The van der Waals surface area contributed by atoms with E-state index in [2.05, 4.69) is 0 Å². The number of hydrogen-bond acceptors (Lipinski definition) is 3. The molecule has 0 saturated heterocycles. The number of benzene rings is 2. The second-order valence-electron chi connectivity index (χ2n) is 4.72. The standard InChI is InChI=1S/C15H13FO4S/c1-21(19,20)14-4-2-11(3-5-14)12-6-10(8-15(17)18)7-13(16)9-12/h2-7,9H,8H2,1H3,(H,17,18). The van der Waals surface area contributed by atoms with E-state index in [0.29, 0.717) is 16.7 Å². The molecule has 0 spiro atoms. The number of carboxylic acids is 1. The number of carbonyl (C=O) groups is 1. The molecule has 2 rings (SSSR count). The predicted molar refractivity (Wildman–Crippen MR) is 76.3 cm³/mol. The summed E-state index contributed by atoms with van der Waals surface area (Å²) in [5.74, 6) is -1.57. The molecule has 0 aliphatic carbocycles. The van der Waals surface area contributed by atoms with Crippen LogP contribution in [0, 0.1) is 5.82 Å². The lowest BCUT2D eigenvalue weighted by molar-refractivity contribution is -0.136. The van der Waals surface area contributed by atoms with Crippen molar-refractivity contribution in [1.29, 1.82) is 0 Å². The molecule has 0 aromatic heterocycles. The number of sulfone groups is 1. The predicted octanol–water partition coefficient (Wildman–Crippen LogP) is 2.52. The van der Waals surface area contributed by atoms with Crippen LogP contribution in [-0.2, 0) is 21.1 Å². The number of aliphatic carboxylic acids is 1. The Labute approximate surface area is 121 Å². The van der Waals surface area contributed by atoms with E-state index in [-0.39, 0.29) is 11.3 Å². The maximum absolute atomic E-state index is 13.5. The van der Waals surface area contributed by atoms with E-state index in [1.54, 1.807) is 18.2 Å². The van der Waals surface area contributed by atoms with Gasteiger partial charge in [0.2, 0.25) is 0 Å². The van der Waals surface area contributed by atoms with Gasteiger partial charge in [-0.3, -0.25) is 4.79 Å². The van der Waals surface area contributed by atoms with E-state index < -0.39 is 21.6 Å². The van der Waals surface area contributed by atoms with Crippen LogP contribution in [0.5, 0.6) is 0 Å². The molecule has 1 N–H and O–H groups in total. The summed E-state index contributed by atoms with van der Waals surface area (Å²) in [4.78, 5) is 10.9. The summed E-state index contributed by atoms with van der Waals surface area (Å²) >= 11 is 0. The third-order valence-electron chi connectivity index (χ3n) is 2.93. The Kier molecular flexibility index (Phi) is 4.09. The molecule has 2 aromatic rings. The lowest BCUT2D eigenvalue weighted by atomic mass is 10.0. The molecular formula is C15H13FO4S. The van der Waals surface area contributed by atoms with Crippen molar-refractivity contribution in [2.45, 2.75) is 11.3 Å². The molecule has 6 heteroatoms. The van der Waals surface area contributed by atoms with Crippen LogP contribution in [0.2, 0.25) is 0 Å². The Bertz CT molecular complexity index is 780. The average Bonchev–Trinajstić information content (AvgIpc) is 2.36. The molecule has 21 heavy (non-hydrogen) atoms. The fourth-order valence-corrected chi connectivity index (χ4v) is 2.62. The van der Waals surface area contributed by atoms with Crippen LogP contribution in [0.4, 0.5) is 4.39 Å². The molecule has 0 unspecified atom stereocenters. The van der Waals surface area contributed by atoms with Gasteiger partial charge in [0.05, 0.1) is 11.3 Å². The van der Waals surface area contributed by atoms with Crippen molar-refractivity contribution in [1.82, 2.24) is 0 Å². The molecule has 0 aliphatic heterocycles.